The highest BCUT2D eigenvalue weighted by atomic mass is 32.1. The number of nitrogens with zero attached hydrogens (tertiary/aromatic N) is 3. The van der Waals surface area contributed by atoms with Gasteiger partial charge in [0.1, 0.15) is 17.0 Å². The molecule has 2 aromatic carbocycles. The Bertz CT molecular complexity index is 1040. The Morgan fingerprint density at radius 3 is 2.36 bits per heavy atom. The van der Waals surface area contributed by atoms with E-state index in [0.717, 1.165) is 35.5 Å². The first kappa shape index (κ1) is 18.6. The van der Waals surface area contributed by atoms with E-state index in [1.165, 1.54) is 22.3 Å². The van der Waals surface area contributed by atoms with Crippen LogP contribution in [0.15, 0.2) is 66.3 Å². The molecular weight excluding hydrogens is 364 g/mol. The lowest BCUT2D eigenvalue weighted by atomic mass is 10.0. The molecule has 0 aliphatic carbocycles. The molecule has 4 rings (SSSR count). The molecule has 0 aliphatic heterocycles. The summed E-state index contributed by atoms with van der Waals surface area (Å²) in [4.78, 5) is 12.2. The number of hydrogen-bond donors (Lipinski definition) is 1. The normalized spacial score (nSPS) is 11.2. The molecule has 5 heteroatoms. The molecule has 0 fully saturated rings. The fourth-order valence-electron chi connectivity index (χ4n) is 3.30. The predicted octanol–water partition coefficient (Wildman–Crippen LogP) is 5.39. The Kier molecular flexibility index (Phi) is 5.65. The van der Waals surface area contributed by atoms with Crippen LogP contribution in [0.3, 0.4) is 0 Å². The van der Waals surface area contributed by atoms with Gasteiger partial charge >= 0.3 is 0 Å². The average Bonchev–Trinajstić information content (AvgIpc) is 3.17. The summed E-state index contributed by atoms with van der Waals surface area (Å²) >= 11 is 1.67. The molecule has 0 atom stereocenters. The van der Waals surface area contributed by atoms with Crippen LogP contribution in [-0.4, -0.2) is 42.1 Å². The van der Waals surface area contributed by atoms with Gasteiger partial charge in [-0.2, -0.15) is 0 Å². The molecule has 0 spiro atoms. The van der Waals surface area contributed by atoms with Crippen LogP contribution in [0.5, 0.6) is 0 Å². The molecule has 2 heterocycles. The van der Waals surface area contributed by atoms with Gasteiger partial charge in [-0.05, 0) is 43.8 Å². The minimum absolute atomic E-state index is 0.895. The molecule has 1 N–H and O–H groups in total. The maximum absolute atomic E-state index is 4.52. The van der Waals surface area contributed by atoms with Crippen LogP contribution in [0.4, 0.5) is 5.82 Å². The van der Waals surface area contributed by atoms with Crippen molar-refractivity contribution in [2.75, 3.05) is 32.5 Å². The fourth-order valence-corrected chi connectivity index (χ4v) is 4.21. The summed E-state index contributed by atoms with van der Waals surface area (Å²) in [5, 5.41) is 6.80. The monoisotopic (exact) mass is 388 g/mol. The zero-order valence-electron chi connectivity index (χ0n) is 16.2. The van der Waals surface area contributed by atoms with Crippen molar-refractivity contribution < 1.29 is 0 Å². The smallest absolute Gasteiger partial charge is 0.138 e. The molecule has 0 aliphatic rings. The number of hydrogen-bond acceptors (Lipinski definition) is 5. The summed E-state index contributed by atoms with van der Waals surface area (Å²) in [5.41, 5.74) is 4.84. The average molecular weight is 389 g/mol. The van der Waals surface area contributed by atoms with E-state index in [1.807, 2.05) is 6.07 Å². The topological polar surface area (TPSA) is 41.0 Å². The lowest BCUT2D eigenvalue weighted by molar-refractivity contribution is 0.405. The van der Waals surface area contributed by atoms with E-state index in [4.69, 9.17) is 0 Å². The van der Waals surface area contributed by atoms with Crippen molar-refractivity contribution in [2.24, 2.45) is 0 Å². The van der Waals surface area contributed by atoms with Gasteiger partial charge in [0.25, 0.3) is 0 Å². The Balaban J connectivity index is 1.62. The largest absolute Gasteiger partial charge is 0.369 e. The van der Waals surface area contributed by atoms with E-state index >= 15 is 0 Å². The van der Waals surface area contributed by atoms with E-state index in [-0.39, 0.29) is 0 Å². The summed E-state index contributed by atoms with van der Waals surface area (Å²) in [7, 11) is 4.19. The van der Waals surface area contributed by atoms with Crippen LogP contribution in [-0.2, 0) is 0 Å². The van der Waals surface area contributed by atoms with Crippen molar-refractivity contribution in [3.05, 3.63) is 66.3 Å². The van der Waals surface area contributed by atoms with Gasteiger partial charge in [0.05, 0.1) is 5.39 Å². The standard InChI is InChI=1S/C23H24N4S/c1-27(2)14-6-13-24-22-21-20(15-28-23(21)26-16-25-22)19-11-9-18(10-12-19)17-7-4-3-5-8-17/h3-5,7-12,15-16H,6,13-14H2,1-2H3,(H,24,25,26). The summed E-state index contributed by atoms with van der Waals surface area (Å²) in [6, 6.07) is 19.2. The first-order valence-electron chi connectivity index (χ1n) is 9.49. The number of rotatable bonds is 7. The van der Waals surface area contributed by atoms with Crippen LogP contribution in [0.2, 0.25) is 0 Å². The van der Waals surface area contributed by atoms with Crippen LogP contribution >= 0.6 is 11.3 Å². The minimum Gasteiger partial charge on any atom is -0.369 e. The van der Waals surface area contributed by atoms with Gasteiger partial charge < -0.3 is 10.2 Å². The van der Waals surface area contributed by atoms with Gasteiger partial charge in [-0.3, -0.25) is 0 Å². The molecule has 4 aromatic rings. The Morgan fingerprint density at radius 2 is 1.61 bits per heavy atom. The number of aromatic nitrogens is 2. The summed E-state index contributed by atoms with van der Waals surface area (Å²) in [6.45, 7) is 1.95. The Hall–Kier alpha value is -2.76. The third-order valence-corrected chi connectivity index (χ3v) is 5.63. The lowest BCUT2D eigenvalue weighted by Crippen LogP contribution is -2.16. The van der Waals surface area contributed by atoms with Crippen molar-refractivity contribution >= 4 is 27.4 Å². The number of thiophene rings is 1. The number of benzene rings is 2. The Labute approximate surface area is 169 Å². The second kappa shape index (κ2) is 8.50. The fraction of sp³-hybridized carbons (Fsp3) is 0.217. The second-order valence-corrected chi connectivity index (χ2v) is 7.94. The molecule has 4 nitrogen and oxygen atoms in total. The second-order valence-electron chi connectivity index (χ2n) is 7.08. The summed E-state index contributed by atoms with van der Waals surface area (Å²) < 4.78 is 0. The predicted molar refractivity (Wildman–Crippen MR) is 120 cm³/mol. The zero-order valence-corrected chi connectivity index (χ0v) is 17.0. The summed E-state index contributed by atoms with van der Waals surface area (Å²) in [6.07, 6.45) is 2.72. The van der Waals surface area contributed by atoms with E-state index in [1.54, 1.807) is 17.7 Å². The van der Waals surface area contributed by atoms with Gasteiger partial charge in [0.15, 0.2) is 0 Å². The van der Waals surface area contributed by atoms with Gasteiger partial charge in [-0.15, -0.1) is 11.3 Å². The lowest BCUT2D eigenvalue weighted by Gasteiger charge is -2.11. The molecule has 142 valence electrons. The van der Waals surface area contributed by atoms with Crippen LogP contribution < -0.4 is 5.32 Å². The molecule has 2 aromatic heterocycles. The van der Waals surface area contributed by atoms with Crippen LogP contribution in [0.1, 0.15) is 6.42 Å². The van der Waals surface area contributed by atoms with Crippen molar-refractivity contribution in [2.45, 2.75) is 6.42 Å². The van der Waals surface area contributed by atoms with Gasteiger partial charge in [0, 0.05) is 17.5 Å². The van der Waals surface area contributed by atoms with E-state index < -0.39 is 0 Å². The van der Waals surface area contributed by atoms with E-state index in [0.29, 0.717) is 0 Å². The van der Waals surface area contributed by atoms with Gasteiger partial charge in [-0.25, -0.2) is 9.97 Å². The number of nitrogens with one attached hydrogen (secondary N) is 1. The molecule has 0 amide bonds. The zero-order chi connectivity index (χ0) is 19.3. The van der Waals surface area contributed by atoms with Crippen molar-refractivity contribution in [1.29, 1.82) is 0 Å². The first-order valence-corrected chi connectivity index (χ1v) is 10.4. The highest BCUT2D eigenvalue weighted by molar-refractivity contribution is 7.17. The SMILES string of the molecule is CN(C)CCCNc1ncnc2scc(-c3ccc(-c4ccccc4)cc3)c12. The van der Waals surface area contributed by atoms with Crippen molar-refractivity contribution in [3.8, 4) is 22.3 Å². The molecule has 0 unspecified atom stereocenters. The van der Waals surface area contributed by atoms with Gasteiger partial charge in [-0.1, -0.05) is 54.6 Å². The van der Waals surface area contributed by atoms with Gasteiger partial charge in [0.2, 0.25) is 0 Å². The molecule has 0 radical (unpaired) electrons. The number of fused-ring (bicyclic) bond motifs is 1. The maximum atomic E-state index is 4.52. The summed E-state index contributed by atoms with van der Waals surface area (Å²) in [5.74, 6) is 0.923. The third kappa shape index (κ3) is 4.06. The highest BCUT2D eigenvalue weighted by Crippen LogP contribution is 2.37. The van der Waals surface area contributed by atoms with Crippen LogP contribution in [0, 0.1) is 0 Å². The third-order valence-electron chi connectivity index (χ3n) is 4.75. The quantitative estimate of drug-likeness (QED) is 0.431. The minimum atomic E-state index is 0.895. The molecule has 0 bridgehead atoms. The van der Waals surface area contributed by atoms with Crippen molar-refractivity contribution in [1.82, 2.24) is 14.9 Å². The molecule has 0 saturated carbocycles. The molecule has 0 saturated heterocycles. The van der Waals surface area contributed by atoms with E-state index in [2.05, 4.69) is 88.2 Å². The number of anilines is 1. The van der Waals surface area contributed by atoms with Crippen LogP contribution in [0.25, 0.3) is 32.5 Å². The Morgan fingerprint density at radius 1 is 0.893 bits per heavy atom. The van der Waals surface area contributed by atoms with E-state index in [9.17, 15) is 0 Å². The highest BCUT2D eigenvalue weighted by Gasteiger charge is 2.13. The molecular formula is C23H24N4S. The molecule has 28 heavy (non-hydrogen) atoms. The maximum Gasteiger partial charge on any atom is 0.138 e. The van der Waals surface area contributed by atoms with Crippen molar-refractivity contribution in [3.63, 3.8) is 0 Å². The first-order chi connectivity index (χ1) is 13.7.